The Morgan fingerprint density at radius 3 is 2.63 bits per heavy atom. The van der Waals surface area contributed by atoms with E-state index in [-0.39, 0.29) is 5.96 Å². The number of rotatable bonds is 3. The van der Waals surface area contributed by atoms with Crippen LogP contribution in [0.3, 0.4) is 0 Å². The second-order valence-corrected chi connectivity index (χ2v) is 4.13. The SMILES string of the molecule is Cc1c(C(=O)N=C(N)N)cnn1Cc1ccccc1. The first-order valence-electron chi connectivity index (χ1n) is 5.78. The van der Waals surface area contributed by atoms with E-state index in [0.29, 0.717) is 12.1 Å². The summed E-state index contributed by atoms with van der Waals surface area (Å²) in [6.45, 7) is 2.41. The summed E-state index contributed by atoms with van der Waals surface area (Å²) in [5, 5.41) is 4.18. The summed E-state index contributed by atoms with van der Waals surface area (Å²) >= 11 is 0. The molecule has 0 fully saturated rings. The van der Waals surface area contributed by atoms with E-state index in [1.165, 1.54) is 6.20 Å². The van der Waals surface area contributed by atoms with Crippen LogP contribution in [0.5, 0.6) is 0 Å². The van der Waals surface area contributed by atoms with Crippen molar-refractivity contribution in [2.45, 2.75) is 13.5 Å². The van der Waals surface area contributed by atoms with Crippen molar-refractivity contribution in [3.8, 4) is 0 Å². The molecule has 6 nitrogen and oxygen atoms in total. The first-order valence-corrected chi connectivity index (χ1v) is 5.78. The second kappa shape index (κ2) is 5.34. The van der Waals surface area contributed by atoms with Crippen LogP contribution in [0.25, 0.3) is 0 Å². The van der Waals surface area contributed by atoms with E-state index in [1.54, 1.807) is 4.68 Å². The zero-order valence-corrected chi connectivity index (χ0v) is 10.6. The Morgan fingerprint density at radius 1 is 1.32 bits per heavy atom. The van der Waals surface area contributed by atoms with Crippen LogP contribution in [0.4, 0.5) is 0 Å². The number of hydrogen-bond acceptors (Lipinski definition) is 2. The number of guanidine groups is 1. The fraction of sp³-hybridized carbons (Fsp3) is 0.154. The third-order valence-corrected chi connectivity index (χ3v) is 2.74. The third-order valence-electron chi connectivity index (χ3n) is 2.74. The molecule has 0 radical (unpaired) electrons. The summed E-state index contributed by atoms with van der Waals surface area (Å²) in [4.78, 5) is 15.2. The van der Waals surface area contributed by atoms with Crippen molar-refractivity contribution in [1.82, 2.24) is 9.78 Å². The van der Waals surface area contributed by atoms with Crippen LogP contribution in [-0.4, -0.2) is 21.6 Å². The molecule has 2 rings (SSSR count). The Kier molecular flexibility index (Phi) is 3.61. The van der Waals surface area contributed by atoms with Crippen LogP contribution >= 0.6 is 0 Å². The molecule has 1 amide bonds. The summed E-state index contributed by atoms with van der Waals surface area (Å²) in [5.41, 5.74) is 12.6. The predicted octanol–water partition coefficient (Wildman–Crippen LogP) is 0.653. The van der Waals surface area contributed by atoms with Gasteiger partial charge in [-0.1, -0.05) is 30.3 Å². The molecular formula is C13H15N5O. The molecule has 1 aromatic carbocycles. The quantitative estimate of drug-likeness (QED) is 0.623. The molecule has 0 spiro atoms. The van der Waals surface area contributed by atoms with Crippen LogP contribution < -0.4 is 11.5 Å². The molecule has 1 aromatic heterocycles. The number of nitrogens with two attached hydrogens (primary N) is 2. The van der Waals surface area contributed by atoms with Gasteiger partial charge in [0.2, 0.25) is 0 Å². The molecule has 1 heterocycles. The Labute approximate surface area is 110 Å². The molecule has 0 saturated heterocycles. The molecule has 2 aromatic rings. The van der Waals surface area contributed by atoms with E-state index >= 15 is 0 Å². The molecule has 0 aliphatic carbocycles. The van der Waals surface area contributed by atoms with E-state index in [0.717, 1.165) is 11.3 Å². The fourth-order valence-corrected chi connectivity index (χ4v) is 1.75. The van der Waals surface area contributed by atoms with Crippen molar-refractivity contribution in [3.63, 3.8) is 0 Å². The molecule has 0 unspecified atom stereocenters. The van der Waals surface area contributed by atoms with Gasteiger partial charge in [-0.25, -0.2) is 0 Å². The first kappa shape index (κ1) is 12.8. The van der Waals surface area contributed by atoms with Gasteiger partial charge in [-0.05, 0) is 12.5 Å². The highest BCUT2D eigenvalue weighted by Crippen LogP contribution is 2.11. The molecule has 0 aliphatic heterocycles. The molecule has 0 saturated carbocycles. The highest BCUT2D eigenvalue weighted by Gasteiger charge is 2.13. The van der Waals surface area contributed by atoms with Crippen molar-refractivity contribution in [2.24, 2.45) is 16.5 Å². The van der Waals surface area contributed by atoms with Gasteiger partial charge in [-0.2, -0.15) is 10.1 Å². The van der Waals surface area contributed by atoms with Crippen LogP contribution in [0, 0.1) is 6.92 Å². The summed E-state index contributed by atoms with van der Waals surface area (Å²) in [7, 11) is 0. The third kappa shape index (κ3) is 2.98. The number of aromatic nitrogens is 2. The normalized spacial score (nSPS) is 10.2. The van der Waals surface area contributed by atoms with Gasteiger partial charge in [0, 0.05) is 5.69 Å². The Bertz CT molecular complexity index is 611. The number of benzene rings is 1. The zero-order chi connectivity index (χ0) is 13.8. The van der Waals surface area contributed by atoms with Crippen molar-refractivity contribution in [1.29, 1.82) is 0 Å². The Balaban J connectivity index is 2.24. The maximum Gasteiger partial charge on any atom is 0.283 e. The Hall–Kier alpha value is -2.63. The molecule has 19 heavy (non-hydrogen) atoms. The number of hydrogen-bond donors (Lipinski definition) is 2. The number of aliphatic imine (C=N–C) groups is 1. The van der Waals surface area contributed by atoms with Crippen molar-refractivity contribution in [3.05, 3.63) is 53.3 Å². The number of carbonyl (C=O) groups is 1. The topological polar surface area (TPSA) is 99.3 Å². The lowest BCUT2D eigenvalue weighted by molar-refractivity contribution is 0.100. The molecule has 0 aliphatic rings. The molecule has 0 bridgehead atoms. The first-order chi connectivity index (χ1) is 9.08. The van der Waals surface area contributed by atoms with E-state index in [9.17, 15) is 4.79 Å². The fourth-order valence-electron chi connectivity index (χ4n) is 1.75. The number of carbonyl (C=O) groups excluding carboxylic acids is 1. The number of amides is 1. The lowest BCUT2D eigenvalue weighted by Crippen LogP contribution is -2.24. The van der Waals surface area contributed by atoms with Crippen LogP contribution in [0.15, 0.2) is 41.5 Å². The van der Waals surface area contributed by atoms with Gasteiger partial charge in [-0.3, -0.25) is 9.48 Å². The highest BCUT2D eigenvalue weighted by atomic mass is 16.1. The van der Waals surface area contributed by atoms with E-state index in [4.69, 9.17) is 11.5 Å². The van der Waals surface area contributed by atoms with Crippen LogP contribution in [0.2, 0.25) is 0 Å². The summed E-state index contributed by atoms with van der Waals surface area (Å²) in [6.07, 6.45) is 1.48. The van der Waals surface area contributed by atoms with Crippen molar-refractivity contribution < 1.29 is 4.79 Å². The second-order valence-electron chi connectivity index (χ2n) is 4.13. The Morgan fingerprint density at radius 2 is 2.00 bits per heavy atom. The van der Waals surface area contributed by atoms with Crippen molar-refractivity contribution >= 4 is 11.9 Å². The lowest BCUT2D eigenvalue weighted by atomic mass is 10.2. The van der Waals surface area contributed by atoms with Gasteiger partial charge in [-0.15, -0.1) is 0 Å². The smallest absolute Gasteiger partial charge is 0.283 e. The largest absolute Gasteiger partial charge is 0.370 e. The van der Waals surface area contributed by atoms with Gasteiger partial charge in [0.25, 0.3) is 5.91 Å². The molecule has 6 heteroatoms. The zero-order valence-electron chi connectivity index (χ0n) is 10.6. The lowest BCUT2D eigenvalue weighted by Gasteiger charge is -2.04. The summed E-state index contributed by atoms with van der Waals surface area (Å²) in [5.74, 6) is -0.725. The highest BCUT2D eigenvalue weighted by molar-refractivity contribution is 6.02. The minimum absolute atomic E-state index is 0.250. The average molecular weight is 257 g/mol. The maximum absolute atomic E-state index is 11.7. The molecule has 4 N–H and O–H groups in total. The molecule has 98 valence electrons. The van der Waals surface area contributed by atoms with Gasteiger partial charge in [0.15, 0.2) is 5.96 Å². The standard InChI is InChI=1S/C13H15N5O/c1-9-11(12(19)17-13(14)15)7-16-18(9)8-10-5-3-2-4-6-10/h2-7H,8H2,1H3,(H4,14,15,17,19). The average Bonchev–Trinajstić information content (AvgIpc) is 2.72. The van der Waals surface area contributed by atoms with Crippen LogP contribution in [0.1, 0.15) is 21.6 Å². The van der Waals surface area contributed by atoms with Gasteiger partial charge in [0.05, 0.1) is 18.3 Å². The van der Waals surface area contributed by atoms with E-state index < -0.39 is 5.91 Å². The monoisotopic (exact) mass is 257 g/mol. The van der Waals surface area contributed by atoms with Crippen molar-refractivity contribution in [2.75, 3.05) is 0 Å². The molecular weight excluding hydrogens is 242 g/mol. The van der Waals surface area contributed by atoms with E-state index in [1.807, 2.05) is 37.3 Å². The predicted molar refractivity (Wildman–Crippen MR) is 72.6 cm³/mol. The van der Waals surface area contributed by atoms with Gasteiger partial charge < -0.3 is 11.5 Å². The minimum Gasteiger partial charge on any atom is -0.370 e. The van der Waals surface area contributed by atoms with E-state index in [2.05, 4.69) is 10.1 Å². The minimum atomic E-state index is -0.475. The summed E-state index contributed by atoms with van der Waals surface area (Å²) < 4.78 is 1.74. The molecule has 0 atom stereocenters. The van der Waals surface area contributed by atoms with Gasteiger partial charge in [0.1, 0.15) is 0 Å². The summed E-state index contributed by atoms with van der Waals surface area (Å²) in [6, 6.07) is 9.86. The van der Waals surface area contributed by atoms with Crippen LogP contribution in [-0.2, 0) is 6.54 Å². The maximum atomic E-state index is 11.7. The van der Waals surface area contributed by atoms with Gasteiger partial charge >= 0.3 is 0 Å². The number of nitrogens with zero attached hydrogens (tertiary/aromatic N) is 3.